The summed E-state index contributed by atoms with van der Waals surface area (Å²) in [6.45, 7) is 1.62. The summed E-state index contributed by atoms with van der Waals surface area (Å²) in [5.41, 5.74) is 1.09. The number of carboxylic acids is 1. The first-order chi connectivity index (χ1) is 15.5. The number of nitrogens with one attached hydrogen (secondary N) is 1. The molecule has 0 fully saturated rings. The van der Waals surface area contributed by atoms with Crippen molar-refractivity contribution < 1.29 is 18.3 Å². The molecule has 172 valence electrons. The molecule has 2 aromatic heterocycles. The Balaban J connectivity index is 1.91. The molecule has 4 aromatic rings. The van der Waals surface area contributed by atoms with Gasteiger partial charge in [0, 0.05) is 19.0 Å². The zero-order valence-corrected chi connectivity index (χ0v) is 20.4. The Hall–Kier alpha value is -2.72. The molecule has 0 atom stereocenters. The number of carboxylic acid groups (broad SMARTS) is 1. The first kappa shape index (κ1) is 23.4. The minimum Gasteiger partial charge on any atom is -0.477 e. The number of anilines is 1. The van der Waals surface area contributed by atoms with Gasteiger partial charge in [-0.25, -0.2) is 13.2 Å². The lowest BCUT2D eigenvalue weighted by atomic mass is 10.2. The summed E-state index contributed by atoms with van der Waals surface area (Å²) in [7, 11) is -2.74. The molecule has 33 heavy (non-hydrogen) atoms. The highest BCUT2D eigenvalue weighted by atomic mass is 35.5. The summed E-state index contributed by atoms with van der Waals surface area (Å²) in [5, 5.41) is 15.1. The quantitative estimate of drug-likeness (QED) is 0.359. The first-order valence-corrected chi connectivity index (χ1v) is 12.1. The van der Waals surface area contributed by atoms with Gasteiger partial charge >= 0.3 is 5.97 Å². The molecule has 0 radical (unpaired) electrons. The van der Waals surface area contributed by atoms with Crippen LogP contribution >= 0.6 is 34.8 Å². The van der Waals surface area contributed by atoms with Gasteiger partial charge in [0.25, 0.3) is 10.0 Å². The van der Waals surface area contributed by atoms with E-state index in [1.54, 1.807) is 42.5 Å². The van der Waals surface area contributed by atoms with Gasteiger partial charge in [-0.1, -0.05) is 59.1 Å². The Morgan fingerprint density at radius 2 is 1.82 bits per heavy atom. The lowest BCUT2D eigenvalue weighted by Crippen LogP contribution is -2.18. The number of rotatable bonds is 6. The summed E-state index contributed by atoms with van der Waals surface area (Å²) in [6.07, 6.45) is 0. The average molecular weight is 528 g/mol. The van der Waals surface area contributed by atoms with Crippen LogP contribution in [0.2, 0.25) is 15.2 Å². The smallest absolute Gasteiger partial charge is 0.354 e. The van der Waals surface area contributed by atoms with E-state index < -0.39 is 16.0 Å². The van der Waals surface area contributed by atoms with Crippen molar-refractivity contribution in [1.82, 2.24) is 14.3 Å². The third-order valence-electron chi connectivity index (χ3n) is 5.10. The number of halogens is 3. The van der Waals surface area contributed by atoms with Crippen LogP contribution in [0.15, 0.2) is 47.4 Å². The summed E-state index contributed by atoms with van der Waals surface area (Å²) < 4.78 is 31.7. The molecule has 2 heterocycles. The molecule has 12 heteroatoms. The van der Waals surface area contributed by atoms with Gasteiger partial charge < -0.3 is 9.67 Å². The van der Waals surface area contributed by atoms with Crippen molar-refractivity contribution >= 4 is 67.4 Å². The van der Waals surface area contributed by atoms with Gasteiger partial charge in [-0.05, 0) is 30.7 Å². The summed E-state index contributed by atoms with van der Waals surface area (Å²) in [4.78, 5) is 12.1. The molecular formula is C21H17Cl3N4O4S. The van der Waals surface area contributed by atoms with E-state index in [-0.39, 0.29) is 33.7 Å². The van der Waals surface area contributed by atoms with Gasteiger partial charge in [-0.15, -0.1) is 0 Å². The second-order valence-corrected chi connectivity index (χ2v) is 10.1. The van der Waals surface area contributed by atoms with Crippen molar-refractivity contribution in [1.29, 1.82) is 0 Å². The molecule has 0 aliphatic carbocycles. The number of benzene rings is 2. The SMILES string of the molecule is Cc1nn(C)c(Cl)c1S(=O)(=O)Nc1c(C(=O)O)n(Cc2ccc(Cl)c(Cl)c2)c2ccccc12. The minimum atomic E-state index is -4.25. The fourth-order valence-corrected chi connectivity index (χ4v) is 5.88. The second-order valence-electron chi connectivity index (χ2n) is 7.31. The van der Waals surface area contributed by atoms with E-state index in [9.17, 15) is 18.3 Å². The Morgan fingerprint density at radius 1 is 1.12 bits per heavy atom. The molecule has 4 rings (SSSR count). The number of carbonyl (C=O) groups is 1. The van der Waals surface area contributed by atoms with Crippen LogP contribution in [0.1, 0.15) is 21.7 Å². The lowest BCUT2D eigenvalue weighted by molar-refractivity contribution is 0.0687. The molecule has 0 bridgehead atoms. The van der Waals surface area contributed by atoms with Crippen molar-refractivity contribution in [2.24, 2.45) is 7.05 Å². The van der Waals surface area contributed by atoms with E-state index in [1.165, 1.54) is 23.2 Å². The molecule has 0 aliphatic heterocycles. The number of fused-ring (bicyclic) bond motifs is 1. The normalized spacial score (nSPS) is 11.8. The number of para-hydroxylation sites is 1. The zero-order valence-electron chi connectivity index (χ0n) is 17.3. The average Bonchev–Trinajstić information content (AvgIpc) is 3.18. The van der Waals surface area contributed by atoms with Gasteiger partial charge in [0.2, 0.25) is 0 Å². The van der Waals surface area contributed by atoms with Crippen molar-refractivity contribution in [3.63, 3.8) is 0 Å². The van der Waals surface area contributed by atoms with Crippen LogP contribution in [0.3, 0.4) is 0 Å². The Labute approximate surface area is 204 Å². The Bertz CT molecular complexity index is 1530. The van der Waals surface area contributed by atoms with E-state index in [2.05, 4.69) is 9.82 Å². The van der Waals surface area contributed by atoms with Crippen LogP contribution in [-0.2, 0) is 23.6 Å². The van der Waals surface area contributed by atoms with Crippen LogP contribution < -0.4 is 4.72 Å². The van der Waals surface area contributed by atoms with Crippen LogP contribution in [0.5, 0.6) is 0 Å². The molecule has 8 nitrogen and oxygen atoms in total. The van der Waals surface area contributed by atoms with Crippen molar-refractivity contribution in [2.75, 3.05) is 4.72 Å². The Morgan fingerprint density at radius 3 is 2.42 bits per heavy atom. The van der Waals surface area contributed by atoms with E-state index in [1.807, 2.05) is 0 Å². The van der Waals surface area contributed by atoms with Gasteiger partial charge in [-0.2, -0.15) is 5.10 Å². The number of nitrogens with zero attached hydrogens (tertiary/aromatic N) is 3. The maximum Gasteiger partial charge on any atom is 0.354 e. The van der Waals surface area contributed by atoms with E-state index in [0.29, 0.717) is 26.5 Å². The first-order valence-electron chi connectivity index (χ1n) is 9.51. The molecule has 2 aromatic carbocycles. The van der Waals surface area contributed by atoms with Gasteiger partial charge in [-0.3, -0.25) is 9.40 Å². The van der Waals surface area contributed by atoms with E-state index in [4.69, 9.17) is 34.8 Å². The number of hydrogen-bond acceptors (Lipinski definition) is 4. The highest BCUT2D eigenvalue weighted by Gasteiger charge is 2.30. The lowest BCUT2D eigenvalue weighted by Gasteiger charge is -2.11. The highest BCUT2D eigenvalue weighted by molar-refractivity contribution is 7.93. The summed E-state index contributed by atoms with van der Waals surface area (Å²) in [6, 6.07) is 11.7. The molecule has 0 aliphatic rings. The molecule has 0 amide bonds. The van der Waals surface area contributed by atoms with Crippen LogP contribution in [0.25, 0.3) is 10.9 Å². The van der Waals surface area contributed by atoms with Crippen molar-refractivity contribution in [2.45, 2.75) is 18.4 Å². The monoisotopic (exact) mass is 526 g/mol. The van der Waals surface area contributed by atoms with Gasteiger partial charge in [0.15, 0.2) is 5.69 Å². The van der Waals surface area contributed by atoms with E-state index in [0.717, 1.165) is 0 Å². The molecule has 2 N–H and O–H groups in total. The molecule has 0 saturated carbocycles. The van der Waals surface area contributed by atoms with Crippen LogP contribution in [0.4, 0.5) is 5.69 Å². The number of aromatic nitrogens is 3. The van der Waals surface area contributed by atoms with Gasteiger partial charge in [0.1, 0.15) is 10.0 Å². The summed E-state index contributed by atoms with van der Waals surface area (Å²) >= 11 is 18.3. The Kier molecular flexibility index (Phi) is 6.09. The van der Waals surface area contributed by atoms with Crippen LogP contribution in [-0.4, -0.2) is 33.8 Å². The molecule has 0 spiro atoms. The second kappa shape index (κ2) is 8.57. The van der Waals surface area contributed by atoms with Gasteiger partial charge in [0.05, 0.1) is 26.9 Å². The fraction of sp³-hybridized carbons (Fsp3) is 0.143. The number of hydrogen-bond donors (Lipinski definition) is 2. The summed E-state index contributed by atoms with van der Waals surface area (Å²) in [5.74, 6) is -1.31. The fourth-order valence-electron chi connectivity index (χ4n) is 3.72. The topological polar surface area (TPSA) is 106 Å². The van der Waals surface area contributed by atoms with E-state index >= 15 is 0 Å². The van der Waals surface area contributed by atoms with Crippen LogP contribution in [0, 0.1) is 6.92 Å². The number of aromatic carboxylic acids is 1. The third kappa shape index (κ3) is 4.17. The maximum absolute atomic E-state index is 13.2. The van der Waals surface area contributed by atoms with Crippen molar-refractivity contribution in [3.8, 4) is 0 Å². The standard InChI is InChI=1S/C21H17Cl3N4O4S/c1-11-19(20(24)27(2)25-11)33(31,32)26-17-13-5-3-4-6-16(13)28(18(17)21(29)30)10-12-7-8-14(22)15(23)9-12/h3-9,26H,10H2,1-2H3,(H,29,30). The largest absolute Gasteiger partial charge is 0.477 e. The number of sulfonamides is 1. The maximum atomic E-state index is 13.2. The molecule has 0 unspecified atom stereocenters. The highest BCUT2D eigenvalue weighted by Crippen LogP contribution is 2.35. The molecular weight excluding hydrogens is 511 g/mol. The minimum absolute atomic E-state index is 0.0718. The van der Waals surface area contributed by atoms with Crippen molar-refractivity contribution in [3.05, 3.63) is 74.6 Å². The predicted octanol–water partition coefficient (Wildman–Crippen LogP) is 5.19. The zero-order chi connectivity index (χ0) is 24.1. The number of aryl methyl sites for hydroxylation is 2. The molecule has 0 saturated heterocycles. The third-order valence-corrected chi connectivity index (χ3v) is 7.89. The predicted molar refractivity (Wildman–Crippen MR) is 128 cm³/mol.